The summed E-state index contributed by atoms with van der Waals surface area (Å²) in [5, 5.41) is 3.37. The van der Waals surface area contributed by atoms with Gasteiger partial charge in [0.1, 0.15) is 0 Å². The van der Waals surface area contributed by atoms with Crippen LogP contribution < -0.4 is 5.32 Å². The fourth-order valence-electron chi connectivity index (χ4n) is 2.59. The smallest absolute Gasteiger partial charge is 0.151 e. The Morgan fingerprint density at radius 2 is 2.24 bits per heavy atom. The molecule has 1 saturated heterocycles. The van der Waals surface area contributed by atoms with Crippen LogP contribution in [0.3, 0.4) is 0 Å². The lowest BCUT2D eigenvalue weighted by atomic mass is 10.1. The van der Waals surface area contributed by atoms with Crippen molar-refractivity contribution in [2.45, 2.75) is 19.4 Å². The zero-order valence-corrected chi connectivity index (χ0v) is 14.0. The van der Waals surface area contributed by atoms with Crippen LogP contribution in [0.25, 0.3) is 0 Å². The van der Waals surface area contributed by atoms with Gasteiger partial charge in [-0.25, -0.2) is 8.42 Å². The van der Waals surface area contributed by atoms with E-state index in [4.69, 9.17) is 0 Å². The molecule has 2 rings (SSSR count). The lowest BCUT2D eigenvalue weighted by molar-refractivity contribution is 0.171. The average Bonchev–Trinajstić information content (AvgIpc) is 2.46. The Kier molecular flexibility index (Phi) is 7.59. The molecule has 0 radical (unpaired) electrons. The fourth-order valence-corrected chi connectivity index (χ4v) is 3.92. The first kappa shape index (κ1) is 18.4. The molecule has 0 aromatic carbocycles. The summed E-state index contributed by atoms with van der Waals surface area (Å²) in [6, 6.07) is 4.20. The van der Waals surface area contributed by atoms with Crippen LogP contribution in [0.5, 0.6) is 0 Å². The monoisotopic (exact) mass is 333 g/mol. The van der Waals surface area contributed by atoms with E-state index in [1.165, 1.54) is 0 Å². The van der Waals surface area contributed by atoms with Crippen molar-refractivity contribution in [3.8, 4) is 0 Å². The SMILES string of the molecule is CCCS(=O)(=O)CCN1CCNCC1c1cccnc1.Cl. The van der Waals surface area contributed by atoms with Crippen molar-refractivity contribution in [3.63, 3.8) is 0 Å². The lowest BCUT2D eigenvalue weighted by Crippen LogP contribution is -2.47. The Balaban J connectivity index is 0.00000220. The van der Waals surface area contributed by atoms with E-state index in [1.54, 1.807) is 6.20 Å². The van der Waals surface area contributed by atoms with Crippen molar-refractivity contribution < 1.29 is 8.42 Å². The van der Waals surface area contributed by atoms with Crippen molar-refractivity contribution in [2.75, 3.05) is 37.7 Å². The molecule has 1 atom stereocenters. The molecule has 0 spiro atoms. The van der Waals surface area contributed by atoms with E-state index in [-0.39, 0.29) is 30.0 Å². The second-order valence-electron chi connectivity index (χ2n) is 5.19. The van der Waals surface area contributed by atoms with Gasteiger partial charge in [0.25, 0.3) is 0 Å². The van der Waals surface area contributed by atoms with Crippen LogP contribution in [0.1, 0.15) is 24.9 Å². The molecular weight excluding hydrogens is 310 g/mol. The number of nitrogens with one attached hydrogen (secondary N) is 1. The van der Waals surface area contributed by atoms with Gasteiger partial charge in [0.05, 0.1) is 5.75 Å². The van der Waals surface area contributed by atoms with Gasteiger partial charge in [-0.3, -0.25) is 9.88 Å². The van der Waals surface area contributed by atoms with E-state index in [0.29, 0.717) is 13.0 Å². The van der Waals surface area contributed by atoms with Crippen LogP contribution in [0.2, 0.25) is 0 Å². The predicted molar refractivity (Wildman–Crippen MR) is 87.6 cm³/mol. The standard InChI is InChI=1S/C14H23N3O2S.ClH/c1-2-9-20(18,19)10-8-17-7-6-16-12-14(17)13-4-3-5-15-11-13;/h3-5,11,14,16H,2,6-10,12H2,1H3;1H. The number of hydrogen-bond acceptors (Lipinski definition) is 5. The van der Waals surface area contributed by atoms with Crippen LogP contribution in [0, 0.1) is 0 Å². The highest BCUT2D eigenvalue weighted by Gasteiger charge is 2.25. The molecule has 1 unspecified atom stereocenters. The number of nitrogens with zero attached hydrogens (tertiary/aromatic N) is 2. The largest absolute Gasteiger partial charge is 0.314 e. The first-order valence-corrected chi connectivity index (χ1v) is 8.99. The van der Waals surface area contributed by atoms with Crippen LogP contribution in [0.15, 0.2) is 24.5 Å². The maximum Gasteiger partial charge on any atom is 0.151 e. The fraction of sp³-hybridized carbons (Fsp3) is 0.643. The molecule has 0 bridgehead atoms. The van der Waals surface area contributed by atoms with E-state index in [9.17, 15) is 8.42 Å². The minimum atomic E-state index is -2.91. The van der Waals surface area contributed by atoms with Gasteiger partial charge in [0, 0.05) is 50.4 Å². The molecule has 1 fully saturated rings. The van der Waals surface area contributed by atoms with Gasteiger partial charge in [-0.05, 0) is 18.1 Å². The summed E-state index contributed by atoms with van der Waals surface area (Å²) in [5.41, 5.74) is 1.15. The Hall–Kier alpha value is -0.690. The van der Waals surface area contributed by atoms with Gasteiger partial charge in [-0.2, -0.15) is 0 Å². The molecule has 120 valence electrons. The summed E-state index contributed by atoms with van der Waals surface area (Å²) in [7, 11) is -2.91. The summed E-state index contributed by atoms with van der Waals surface area (Å²) in [6.45, 7) is 5.13. The van der Waals surface area contributed by atoms with Crippen LogP contribution >= 0.6 is 12.4 Å². The zero-order chi connectivity index (χ0) is 14.4. The molecular formula is C14H24ClN3O2S. The summed E-state index contributed by atoms with van der Waals surface area (Å²) >= 11 is 0. The van der Waals surface area contributed by atoms with E-state index >= 15 is 0 Å². The van der Waals surface area contributed by atoms with Gasteiger partial charge >= 0.3 is 0 Å². The third kappa shape index (κ3) is 5.54. The summed E-state index contributed by atoms with van der Waals surface area (Å²) in [4.78, 5) is 6.41. The molecule has 1 aromatic heterocycles. The first-order valence-electron chi connectivity index (χ1n) is 7.17. The third-order valence-electron chi connectivity index (χ3n) is 3.63. The Labute approximate surface area is 133 Å². The second-order valence-corrected chi connectivity index (χ2v) is 7.50. The summed E-state index contributed by atoms with van der Waals surface area (Å²) in [6.07, 6.45) is 4.32. The topological polar surface area (TPSA) is 62.3 Å². The Morgan fingerprint density at radius 3 is 2.90 bits per heavy atom. The molecule has 1 N–H and O–H groups in total. The molecule has 1 aliphatic heterocycles. The van der Waals surface area contributed by atoms with E-state index in [2.05, 4.69) is 21.3 Å². The minimum absolute atomic E-state index is 0. The second kappa shape index (κ2) is 8.68. The van der Waals surface area contributed by atoms with E-state index < -0.39 is 9.84 Å². The number of hydrogen-bond donors (Lipinski definition) is 1. The van der Waals surface area contributed by atoms with Gasteiger partial charge in [-0.15, -0.1) is 12.4 Å². The lowest BCUT2D eigenvalue weighted by Gasteiger charge is -2.36. The highest BCUT2D eigenvalue weighted by atomic mass is 35.5. The highest BCUT2D eigenvalue weighted by Crippen LogP contribution is 2.21. The third-order valence-corrected chi connectivity index (χ3v) is 5.46. The van der Waals surface area contributed by atoms with Gasteiger partial charge in [-0.1, -0.05) is 13.0 Å². The zero-order valence-electron chi connectivity index (χ0n) is 12.4. The van der Waals surface area contributed by atoms with E-state index in [0.717, 1.165) is 25.2 Å². The summed E-state index contributed by atoms with van der Waals surface area (Å²) in [5.74, 6) is 0.536. The highest BCUT2D eigenvalue weighted by molar-refractivity contribution is 7.91. The first-order chi connectivity index (χ1) is 9.62. The number of aromatic nitrogens is 1. The van der Waals surface area contributed by atoms with Gasteiger partial charge in [0.2, 0.25) is 0 Å². The van der Waals surface area contributed by atoms with Crippen molar-refractivity contribution in [2.24, 2.45) is 0 Å². The minimum Gasteiger partial charge on any atom is -0.314 e. The van der Waals surface area contributed by atoms with Crippen LogP contribution in [-0.2, 0) is 9.84 Å². The molecule has 21 heavy (non-hydrogen) atoms. The maximum absolute atomic E-state index is 11.9. The normalized spacial score (nSPS) is 20.0. The molecule has 2 heterocycles. The van der Waals surface area contributed by atoms with Gasteiger partial charge in [0.15, 0.2) is 9.84 Å². The van der Waals surface area contributed by atoms with Crippen molar-refractivity contribution in [1.29, 1.82) is 0 Å². The molecule has 0 saturated carbocycles. The predicted octanol–water partition coefficient (Wildman–Crippen LogP) is 1.27. The number of piperazine rings is 1. The number of sulfone groups is 1. The van der Waals surface area contributed by atoms with Gasteiger partial charge < -0.3 is 5.32 Å². The molecule has 0 aliphatic carbocycles. The summed E-state index contributed by atoms with van der Waals surface area (Å²) < 4.78 is 23.7. The number of rotatable bonds is 6. The molecule has 1 aliphatic rings. The molecule has 0 amide bonds. The molecule has 1 aromatic rings. The Morgan fingerprint density at radius 1 is 1.43 bits per heavy atom. The average molecular weight is 334 g/mol. The Bertz CT molecular complexity index is 510. The molecule has 7 heteroatoms. The van der Waals surface area contributed by atoms with Crippen molar-refractivity contribution in [1.82, 2.24) is 15.2 Å². The van der Waals surface area contributed by atoms with E-state index in [1.807, 2.05) is 19.2 Å². The van der Waals surface area contributed by atoms with Crippen molar-refractivity contribution >= 4 is 22.2 Å². The van der Waals surface area contributed by atoms with Crippen LogP contribution in [0.4, 0.5) is 0 Å². The molecule has 5 nitrogen and oxygen atoms in total. The maximum atomic E-state index is 11.9. The quantitative estimate of drug-likeness (QED) is 0.849. The number of halogens is 1. The van der Waals surface area contributed by atoms with Crippen LogP contribution in [-0.4, -0.2) is 56.0 Å². The van der Waals surface area contributed by atoms with Crippen molar-refractivity contribution in [3.05, 3.63) is 30.1 Å². The number of pyridine rings is 1.